The first-order chi connectivity index (χ1) is 13.0. The maximum atomic E-state index is 12.9. The molecular formula is C21H20N2O4. The molecule has 0 saturated heterocycles. The van der Waals surface area contributed by atoms with Crippen LogP contribution in [0.1, 0.15) is 28.4 Å². The van der Waals surface area contributed by atoms with Crippen molar-refractivity contribution in [2.45, 2.75) is 19.9 Å². The van der Waals surface area contributed by atoms with E-state index in [2.05, 4.69) is 6.07 Å². The number of carbonyl (C=O) groups is 3. The molecule has 6 heteroatoms. The number of rotatable bonds is 3. The van der Waals surface area contributed by atoms with E-state index in [4.69, 9.17) is 4.74 Å². The predicted molar refractivity (Wildman–Crippen MR) is 99.9 cm³/mol. The molecule has 0 radical (unpaired) electrons. The van der Waals surface area contributed by atoms with Crippen molar-refractivity contribution in [1.29, 1.82) is 0 Å². The fourth-order valence-corrected chi connectivity index (χ4v) is 3.54. The third-order valence-electron chi connectivity index (χ3n) is 5.09. The normalized spacial score (nSPS) is 15.7. The number of anilines is 1. The Morgan fingerprint density at radius 3 is 2.67 bits per heavy atom. The summed E-state index contributed by atoms with van der Waals surface area (Å²) in [6.07, 6.45) is 0.810. The minimum atomic E-state index is -0.283. The van der Waals surface area contributed by atoms with Gasteiger partial charge < -0.3 is 9.64 Å². The standard InChI is InChI=1S/C21H20N2O4/c1-14(24)16-6-7-19-18(10-16)23(21(26)13-27-19)12-20(25)22-9-8-15-4-2-3-5-17(15)11-22/h2-7,10H,8-9,11-13H2,1H3. The highest BCUT2D eigenvalue weighted by Gasteiger charge is 2.30. The second-order valence-corrected chi connectivity index (χ2v) is 6.84. The second-order valence-electron chi connectivity index (χ2n) is 6.84. The van der Waals surface area contributed by atoms with Crippen LogP contribution >= 0.6 is 0 Å². The van der Waals surface area contributed by atoms with Crippen molar-refractivity contribution < 1.29 is 19.1 Å². The molecular weight excluding hydrogens is 344 g/mol. The molecule has 2 aliphatic rings. The van der Waals surface area contributed by atoms with Gasteiger partial charge in [0.05, 0.1) is 5.69 Å². The number of ether oxygens (including phenoxy) is 1. The summed E-state index contributed by atoms with van der Waals surface area (Å²) in [6, 6.07) is 13.1. The molecule has 27 heavy (non-hydrogen) atoms. The average molecular weight is 364 g/mol. The van der Waals surface area contributed by atoms with Gasteiger partial charge in [0.25, 0.3) is 5.91 Å². The molecule has 0 spiro atoms. The quantitative estimate of drug-likeness (QED) is 0.783. The molecule has 0 saturated carbocycles. The Balaban J connectivity index is 1.56. The molecule has 138 valence electrons. The fraction of sp³-hybridized carbons (Fsp3) is 0.286. The highest BCUT2D eigenvalue weighted by Crippen LogP contribution is 2.33. The van der Waals surface area contributed by atoms with Gasteiger partial charge in [0.2, 0.25) is 5.91 Å². The van der Waals surface area contributed by atoms with Crippen LogP contribution < -0.4 is 9.64 Å². The Morgan fingerprint density at radius 1 is 1.11 bits per heavy atom. The number of nitrogens with zero attached hydrogens (tertiary/aromatic N) is 2. The van der Waals surface area contributed by atoms with Gasteiger partial charge in [0.1, 0.15) is 12.3 Å². The monoisotopic (exact) mass is 364 g/mol. The zero-order valence-corrected chi connectivity index (χ0v) is 15.1. The number of hydrogen-bond acceptors (Lipinski definition) is 4. The Bertz CT molecular complexity index is 938. The van der Waals surface area contributed by atoms with Crippen molar-refractivity contribution in [3.8, 4) is 5.75 Å². The molecule has 0 atom stereocenters. The van der Waals surface area contributed by atoms with Gasteiger partial charge in [-0.1, -0.05) is 24.3 Å². The summed E-state index contributed by atoms with van der Waals surface area (Å²) < 4.78 is 5.45. The summed E-state index contributed by atoms with van der Waals surface area (Å²) in [5.41, 5.74) is 3.37. The van der Waals surface area contributed by atoms with E-state index >= 15 is 0 Å². The van der Waals surface area contributed by atoms with Gasteiger partial charge in [-0.2, -0.15) is 0 Å². The lowest BCUT2D eigenvalue weighted by molar-refractivity contribution is -0.132. The summed E-state index contributed by atoms with van der Waals surface area (Å²) in [6.45, 7) is 2.48. The van der Waals surface area contributed by atoms with Crippen LogP contribution in [0.15, 0.2) is 42.5 Å². The van der Waals surface area contributed by atoms with Gasteiger partial charge in [-0.25, -0.2) is 0 Å². The number of hydrogen-bond donors (Lipinski definition) is 0. The van der Waals surface area contributed by atoms with Crippen molar-refractivity contribution in [2.24, 2.45) is 0 Å². The molecule has 0 N–H and O–H groups in total. The van der Waals surface area contributed by atoms with Gasteiger partial charge >= 0.3 is 0 Å². The molecule has 2 amide bonds. The average Bonchev–Trinajstić information content (AvgIpc) is 2.69. The second kappa shape index (κ2) is 6.87. The van der Waals surface area contributed by atoms with E-state index in [0.29, 0.717) is 30.1 Å². The predicted octanol–water partition coefficient (Wildman–Crippen LogP) is 2.20. The molecule has 0 unspecified atom stereocenters. The van der Waals surface area contributed by atoms with Crippen LogP contribution in [0.3, 0.4) is 0 Å². The van der Waals surface area contributed by atoms with Crippen LogP contribution in [0.25, 0.3) is 0 Å². The van der Waals surface area contributed by atoms with Crippen LogP contribution in [-0.2, 0) is 22.6 Å². The Kier molecular flexibility index (Phi) is 4.39. The van der Waals surface area contributed by atoms with E-state index in [1.165, 1.54) is 17.4 Å². The first-order valence-corrected chi connectivity index (χ1v) is 8.95. The highest BCUT2D eigenvalue weighted by atomic mass is 16.5. The Morgan fingerprint density at radius 2 is 1.89 bits per heavy atom. The molecule has 6 nitrogen and oxygen atoms in total. The van der Waals surface area contributed by atoms with E-state index < -0.39 is 0 Å². The molecule has 0 aliphatic carbocycles. The van der Waals surface area contributed by atoms with Crippen LogP contribution in [0.2, 0.25) is 0 Å². The molecule has 2 aromatic carbocycles. The van der Waals surface area contributed by atoms with Crippen molar-refractivity contribution in [1.82, 2.24) is 4.90 Å². The third-order valence-corrected chi connectivity index (χ3v) is 5.09. The maximum absolute atomic E-state index is 12.9. The molecule has 2 aromatic rings. The lowest BCUT2D eigenvalue weighted by Gasteiger charge is -2.33. The van der Waals surface area contributed by atoms with E-state index in [-0.39, 0.29) is 30.7 Å². The first kappa shape index (κ1) is 17.3. The summed E-state index contributed by atoms with van der Waals surface area (Å²) in [5.74, 6) is 0.0130. The van der Waals surface area contributed by atoms with Crippen molar-refractivity contribution >= 4 is 23.3 Å². The van der Waals surface area contributed by atoms with Gasteiger partial charge in [0.15, 0.2) is 12.4 Å². The van der Waals surface area contributed by atoms with E-state index in [0.717, 1.165) is 12.0 Å². The summed E-state index contributed by atoms with van der Waals surface area (Å²) >= 11 is 0. The number of ketones is 1. The van der Waals surface area contributed by atoms with Crippen LogP contribution in [0.4, 0.5) is 5.69 Å². The first-order valence-electron chi connectivity index (χ1n) is 8.95. The number of benzene rings is 2. The molecule has 0 aromatic heterocycles. The van der Waals surface area contributed by atoms with E-state index in [1.54, 1.807) is 23.1 Å². The molecule has 2 aliphatic heterocycles. The lowest BCUT2D eigenvalue weighted by atomic mass is 10.00. The highest BCUT2D eigenvalue weighted by molar-refractivity contribution is 6.04. The van der Waals surface area contributed by atoms with Crippen LogP contribution in [0, 0.1) is 0 Å². The van der Waals surface area contributed by atoms with Crippen LogP contribution in [0.5, 0.6) is 5.75 Å². The Hall–Kier alpha value is -3.15. The smallest absolute Gasteiger partial charge is 0.265 e. The molecule has 0 bridgehead atoms. The Labute approximate surface area is 157 Å². The minimum absolute atomic E-state index is 0.0568. The van der Waals surface area contributed by atoms with Crippen LogP contribution in [-0.4, -0.2) is 42.2 Å². The van der Waals surface area contributed by atoms with Gasteiger partial charge in [-0.15, -0.1) is 0 Å². The number of carbonyl (C=O) groups excluding carboxylic acids is 3. The van der Waals surface area contributed by atoms with Gasteiger partial charge in [0, 0.05) is 18.7 Å². The number of amides is 2. The van der Waals surface area contributed by atoms with E-state index in [1.807, 2.05) is 18.2 Å². The summed E-state index contributed by atoms with van der Waals surface area (Å²) in [5, 5.41) is 0. The third kappa shape index (κ3) is 3.30. The number of fused-ring (bicyclic) bond motifs is 2. The zero-order chi connectivity index (χ0) is 19.0. The van der Waals surface area contributed by atoms with E-state index in [9.17, 15) is 14.4 Å². The van der Waals surface area contributed by atoms with Crippen molar-refractivity contribution in [3.63, 3.8) is 0 Å². The zero-order valence-electron chi connectivity index (χ0n) is 15.1. The maximum Gasteiger partial charge on any atom is 0.265 e. The fourth-order valence-electron chi connectivity index (χ4n) is 3.54. The molecule has 0 fully saturated rings. The topological polar surface area (TPSA) is 66.9 Å². The number of Topliss-reactive ketones (excluding diaryl/α,β-unsaturated/α-hetero) is 1. The largest absolute Gasteiger partial charge is 0.482 e. The van der Waals surface area contributed by atoms with Crippen molar-refractivity contribution in [3.05, 3.63) is 59.2 Å². The SMILES string of the molecule is CC(=O)c1ccc2c(c1)N(CC(=O)N1CCc3ccccc3C1)C(=O)CO2. The van der Waals surface area contributed by atoms with Crippen molar-refractivity contribution in [2.75, 3.05) is 24.6 Å². The van der Waals surface area contributed by atoms with Gasteiger partial charge in [-0.3, -0.25) is 19.3 Å². The molecule has 2 heterocycles. The molecule has 4 rings (SSSR count). The van der Waals surface area contributed by atoms with Gasteiger partial charge in [-0.05, 0) is 42.7 Å². The lowest BCUT2D eigenvalue weighted by Crippen LogP contribution is -2.47. The minimum Gasteiger partial charge on any atom is -0.482 e. The summed E-state index contributed by atoms with van der Waals surface area (Å²) in [7, 11) is 0. The summed E-state index contributed by atoms with van der Waals surface area (Å²) in [4.78, 5) is 40.2.